The van der Waals surface area contributed by atoms with Gasteiger partial charge in [0.1, 0.15) is 0 Å². The van der Waals surface area contributed by atoms with Gasteiger partial charge < -0.3 is 10.6 Å². The van der Waals surface area contributed by atoms with Gasteiger partial charge in [-0.1, -0.05) is 34.4 Å². The number of rotatable bonds is 2. The van der Waals surface area contributed by atoms with Gasteiger partial charge in [0, 0.05) is 22.2 Å². The molecule has 0 aliphatic carbocycles. The molecule has 0 bridgehead atoms. The lowest BCUT2D eigenvalue weighted by molar-refractivity contribution is 0.0677. The quantitative estimate of drug-likeness (QED) is 0.709. The zero-order valence-electron chi connectivity index (χ0n) is 14.4. The van der Waals surface area contributed by atoms with Crippen molar-refractivity contribution in [3.8, 4) is 5.69 Å². The van der Waals surface area contributed by atoms with Crippen LogP contribution in [0.25, 0.3) is 5.69 Å². The summed E-state index contributed by atoms with van der Waals surface area (Å²) in [6, 6.07) is 10.5. The Morgan fingerprint density at radius 1 is 1.26 bits per heavy atom. The normalized spacial score (nSPS) is 16.3. The van der Waals surface area contributed by atoms with E-state index in [0.29, 0.717) is 34.3 Å². The fraction of sp³-hybridized carbons (Fsp3) is 0.222. The van der Waals surface area contributed by atoms with E-state index in [0.717, 1.165) is 11.1 Å². The average molecular weight is 403 g/mol. The molecule has 1 unspecified atom stereocenters. The maximum Gasteiger partial charge on any atom is 0.254 e. The van der Waals surface area contributed by atoms with Gasteiger partial charge in [0.05, 0.1) is 11.7 Å². The van der Waals surface area contributed by atoms with Crippen molar-refractivity contribution in [2.75, 3.05) is 12.3 Å². The molecule has 138 valence electrons. The summed E-state index contributed by atoms with van der Waals surface area (Å²) in [5, 5.41) is 12.3. The lowest BCUT2D eigenvalue weighted by Gasteiger charge is -2.36. The summed E-state index contributed by atoms with van der Waals surface area (Å²) in [5.74, 6) is 0.0712. The lowest BCUT2D eigenvalue weighted by Crippen LogP contribution is -2.39. The van der Waals surface area contributed by atoms with Crippen LogP contribution in [0.15, 0.2) is 36.4 Å². The van der Waals surface area contributed by atoms with Gasteiger partial charge in [-0.25, -0.2) is 0 Å². The van der Waals surface area contributed by atoms with Crippen molar-refractivity contribution in [2.45, 2.75) is 19.4 Å². The molecular weight excluding hydrogens is 387 g/mol. The largest absolute Gasteiger partial charge is 0.366 e. The van der Waals surface area contributed by atoms with Crippen LogP contribution >= 0.6 is 23.2 Å². The zero-order chi connectivity index (χ0) is 19.1. The van der Waals surface area contributed by atoms with Crippen molar-refractivity contribution in [1.29, 1.82) is 0 Å². The number of nitrogen functional groups attached to an aromatic ring is 1. The Bertz CT molecular complexity index is 1030. The number of amides is 1. The van der Waals surface area contributed by atoms with Crippen LogP contribution in [0.2, 0.25) is 10.0 Å². The number of carbonyl (C=O) groups is 1. The lowest BCUT2D eigenvalue weighted by atomic mass is 9.93. The van der Waals surface area contributed by atoms with Gasteiger partial charge in [-0.2, -0.15) is 4.68 Å². The van der Waals surface area contributed by atoms with E-state index in [-0.39, 0.29) is 17.9 Å². The van der Waals surface area contributed by atoms with Crippen molar-refractivity contribution >= 4 is 35.1 Å². The molecule has 3 aromatic rings. The molecule has 0 saturated heterocycles. The van der Waals surface area contributed by atoms with E-state index >= 15 is 0 Å². The molecule has 0 spiro atoms. The fourth-order valence-corrected chi connectivity index (χ4v) is 4.05. The summed E-state index contributed by atoms with van der Waals surface area (Å²) in [7, 11) is 0. The van der Waals surface area contributed by atoms with Crippen molar-refractivity contribution in [3.05, 3.63) is 63.1 Å². The number of carbonyl (C=O) groups excluding carboxylic acids is 1. The second kappa shape index (κ2) is 6.83. The first-order valence-corrected chi connectivity index (χ1v) is 9.14. The van der Waals surface area contributed by atoms with Crippen molar-refractivity contribution in [2.24, 2.45) is 0 Å². The summed E-state index contributed by atoms with van der Waals surface area (Å²) in [6.45, 7) is 2.55. The van der Waals surface area contributed by atoms with E-state index in [4.69, 9.17) is 28.9 Å². The summed E-state index contributed by atoms with van der Waals surface area (Å²) < 4.78 is 1.38. The van der Waals surface area contributed by atoms with E-state index in [9.17, 15) is 4.79 Å². The van der Waals surface area contributed by atoms with Gasteiger partial charge >= 0.3 is 0 Å². The molecule has 0 radical (unpaired) electrons. The smallest absolute Gasteiger partial charge is 0.254 e. The fourth-order valence-electron chi connectivity index (χ4n) is 3.45. The average Bonchev–Trinajstić information content (AvgIpc) is 3.08. The molecule has 1 aromatic heterocycles. The van der Waals surface area contributed by atoms with Gasteiger partial charge in [-0.3, -0.25) is 4.79 Å². The first-order chi connectivity index (χ1) is 13.0. The van der Waals surface area contributed by atoms with Gasteiger partial charge in [-0.05, 0) is 65.2 Å². The van der Waals surface area contributed by atoms with Crippen LogP contribution in [0.3, 0.4) is 0 Å². The second-order valence-corrected chi connectivity index (χ2v) is 7.22. The summed E-state index contributed by atoms with van der Waals surface area (Å²) in [5.41, 5.74) is 8.94. The Morgan fingerprint density at radius 2 is 2.07 bits per heavy atom. The van der Waals surface area contributed by atoms with Crippen LogP contribution in [0.4, 0.5) is 5.95 Å². The molecule has 1 aliphatic heterocycles. The number of tetrazole rings is 1. The number of halogens is 2. The highest BCUT2D eigenvalue weighted by atomic mass is 35.5. The van der Waals surface area contributed by atoms with E-state index < -0.39 is 0 Å². The number of hydrogen-bond donors (Lipinski definition) is 1. The van der Waals surface area contributed by atoms with Gasteiger partial charge in [0.25, 0.3) is 5.91 Å². The topological polar surface area (TPSA) is 89.9 Å². The van der Waals surface area contributed by atoms with Crippen LogP contribution in [-0.4, -0.2) is 37.6 Å². The number of nitrogens with zero attached hydrogens (tertiary/aromatic N) is 5. The van der Waals surface area contributed by atoms with Gasteiger partial charge in [0.2, 0.25) is 5.95 Å². The summed E-state index contributed by atoms with van der Waals surface area (Å²) in [6.07, 6.45) is 0.682. The third-order valence-corrected chi connectivity index (χ3v) is 5.36. The Balaban J connectivity index is 1.67. The Hall–Kier alpha value is -2.64. The molecule has 1 atom stereocenters. The highest BCUT2D eigenvalue weighted by Crippen LogP contribution is 2.36. The zero-order valence-corrected chi connectivity index (χ0v) is 15.9. The SMILES string of the molecule is CC1c2cc(Cl)cc(Cl)c2CCN1C(=O)c1cccc(-n2nnnc2N)c1. The molecule has 0 saturated carbocycles. The molecule has 7 nitrogen and oxygen atoms in total. The molecule has 0 fully saturated rings. The molecule has 1 aliphatic rings. The third kappa shape index (κ3) is 3.13. The predicted octanol–water partition coefficient (Wildman–Crippen LogP) is 3.31. The molecule has 2 heterocycles. The van der Waals surface area contributed by atoms with Gasteiger partial charge in [0.15, 0.2) is 0 Å². The first kappa shape index (κ1) is 17.8. The predicted molar refractivity (Wildman–Crippen MR) is 103 cm³/mol. The number of nitrogens with two attached hydrogens (primary N) is 1. The van der Waals surface area contributed by atoms with Gasteiger partial charge in [-0.15, -0.1) is 0 Å². The van der Waals surface area contributed by atoms with E-state index in [1.165, 1.54) is 4.68 Å². The summed E-state index contributed by atoms with van der Waals surface area (Å²) >= 11 is 12.5. The molecule has 2 aromatic carbocycles. The molecule has 4 rings (SSSR count). The van der Waals surface area contributed by atoms with Crippen molar-refractivity contribution in [3.63, 3.8) is 0 Å². The summed E-state index contributed by atoms with van der Waals surface area (Å²) in [4.78, 5) is 15.0. The number of fused-ring (bicyclic) bond motifs is 1. The Morgan fingerprint density at radius 3 is 2.81 bits per heavy atom. The first-order valence-electron chi connectivity index (χ1n) is 8.39. The van der Waals surface area contributed by atoms with Crippen LogP contribution in [0.1, 0.15) is 34.5 Å². The third-order valence-electron chi connectivity index (χ3n) is 4.81. The van der Waals surface area contributed by atoms with Crippen LogP contribution in [-0.2, 0) is 6.42 Å². The number of anilines is 1. The van der Waals surface area contributed by atoms with Crippen molar-refractivity contribution < 1.29 is 4.79 Å². The highest BCUT2D eigenvalue weighted by Gasteiger charge is 2.30. The van der Waals surface area contributed by atoms with Crippen LogP contribution in [0.5, 0.6) is 0 Å². The number of benzene rings is 2. The van der Waals surface area contributed by atoms with E-state index in [1.807, 2.05) is 17.9 Å². The van der Waals surface area contributed by atoms with E-state index in [1.54, 1.807) is 30.3 Å². The molecule has 9 heteroatoms. The molecule has 1 amide bonds. The Labute approximate surface area is 165 Å². The maximum atomic E-state index is 13.2. The standard InChI is InChI=1S/C18H16Cl2N6O/c1-10-15-8-12(19)9-16(20)14(15)5-6-25(10)17(27)11-3-2-4-13(7-11)26-18(21)22-23-24-26/h2-4,7-10H,5-6H2,1H3,(H2,21,22,24). The maximum absolute atomic E-state index is 13.2. The molecule has 27 heavy (non-hydrogen) atoms. The van der Waals surface area contributed by atoms with Crippen molar-refractivity contribution in [1.82, 2.24) is 25.1 Å². The minimum absolute atomic E-state index is 0.0854. The minimum atomic E-state index is -0.140. The second-order valence-electron chi connectivity index (χ2n) is 6.38. The Kier molecular flexibility index (Phi) is 4.49. The van der Waals surface area contributed by atoms with Crippen LogP contribution in [0, 0.1) is 0 Å². The highest BCUT2D eigenvalue weighted by molar-refractivity contribution is 6.35. The number of aromatic nitrogens is 4. The number of hydrogen-bond acceptors (Lipinski definition) is 5. The minimum Gasteiger partial charge on any atom is -0.366 e. The monoisotopic (exact) mass is 402 g/mol. The van der Waals surface area contributed by atoms with Crippen LogP contribution < -0.4 is 5.73 Å². The molecule has 2 N–H and O–H groups in total. The molecular formula is C18H16Cl2N6O. The van der Waals surface area contributed by atoms with E-state index in [2.05, 4.69) is 15.5 Å².